The molecule has 1 aromatic rings. The summed E-state index contributed by atoms with van der Waals surface area (Å²) in [6.45, 7) is 0.254. The summed E-state index contributed by atoms with van der Waals surface area (Å²) in [5, 5.41) is 0. The second-order valence-electron chi connectivity index (χ2n) is 3.87. The molecule has 0 saturated carbocycles. The molecule has 1 aliphatic rings. The Balaban J connectivity index is 1.99. The van der Waals surface area contributed by atoms with Crippen molar-refractivity contribution < 1.29 is 17.9 Å². The molecule has 17 heavy (non-hydrogen) atoms. The molecule has 0 aliphatic carbocycles. The maximum absolute atomic E-state index is 11.0. The number of rotatable bonds is 4. The second kappa shape index (κ2) is 4.69. The fourth-order valence-electron chi connectivity index (χ4n) is 1.62. The minimum Gasteiger partial charge on any atom is -0.488 e. The Morgan fingerprint density at radius 2 is 2.18 bits per heavy atom. The number of hydrogen-bond donors (Lipinski definition) is 0. The summed E-state index contributed by atoms with van der Waals surface area (Å²) in [5.41, 5.74) is 0.827. The van der Waals surface area contributed by atoms with Crippen LogP contribution < -0.4 is 4.74 Å². The molecule has 2 rings (SSSR count). The van der Waals surface area contributed by atoms with Crippen molar-refractivity contribution in [3.8, 4) is 5.75 Å². The third-order valence-electron chi connectivity index (χ3n) is 2.41. The van der Waals surface area contributed by atoms with Gasteiger partial charge in [0, 0.05) is 0 Å². The predicted molar refractivity (Wildman–Crippen MR) is 61.3 cm³/mol. The Bertz CT molecular complexity index is 549. The lowest BCUT2D eigenvalue weighted by Crippen LogP contribution is -2.45. The van der Waals surface area contributed by atoms with Gasteiger partial charge in [-0.2, -0.15) is 0 Å². The highest BCUT2D eigenvalue weighted by Crippen LogP contribution is 2.20. The first-order valence-electron chi connectivity index (χ1n) is 5.09. The largest absolute Gasteiger partial charge is 0.488 e. The molecule has 0 bridgehead atoms. The highest BCUT2D eigenvalue weighted by Gasteiger charge is 2.35. The quantitative estimate of drug-likeness (QED) is 0.585. The van der Waals surface area contributed by atoms with Crippen LogP contribution in [0.2, 0.25) is 0 Å². The molecule has 1 aromatic carbocycles. The second-order valence-corrected chi connectivity index (χ2v) is 6.03. The molecule has 1 saturated heterocycles. The molecule has 0 aromatic heterocycles. The molecular formula is C11H11NO4S. The molecule has 0 radical (unpaired) electrons. The van der Waals surface area contributed by atoms with Crippen LogP contribution in [0, 0.1) is 0 Å². The number of carbonyl (C=O) groups excluding carboxylic acids is 1. The van der Waals surface area contributed by atoms with Crippen LogP contribution >= 0.6 is 0 Å². The van der Waals surface area contributed by atoms with Gasteiger partial charge in [0.25, 0.3) is 0 Å². The predicted octanol–water partition coefficient (Wildman–Crippen LogP) is 0.698. The highest BCUT2D eigenvalue weighted by molar-refractivity contribution is 7.92. The molecule has 1 aliphatic heterocycles. The van der Waals surface area contributed by atoms with Gasteiger partial charge in [-0.1, -0.05) is 12.1 Å². The molecule has 90 valence electrons. The van der Waals surface area contributed by atoms with Crippen LogP contribution in [0.3, 0.4) is 0 Å². The van der Waals surface area contributed by atoms with Crippen molar-refractivity contribution >= 4 is 15.9 Å². The third-order valence-corrected chi connectivity index (χ3v) is 4.17. The summed E-state index contributed by atoms with van der Waals surface area (Å²) in [4.78, 5) is 13.4. The molecular weight excluding hydrogens is 242 g/mol. The number of ether oxygens (including phenoxy) is 1. The summed E-state index contributed by atoms with van der Waals surface area (Å²) in [6, 6.07) is 7.08. The van der Waals surface area contributed by atoms with E-state index in [0.717, 1.165) is 5.56 Å². The van der Waals surface area contributed by atoms with Gasteiger partial charge >= 0.3 is 0 Å². The van der Waals surface area contributed by atoms with E-state index in [2.05, 4.69) is 4.99 Å². The minimum atomic E-state index is -2.87. The summed E-state index contributed by atoms with van der Waals surface area (Å²) < 4.78 is 27.4. The summed E-state index contributed by atoms with van der Waals surface area (Å²) >= 11 is 0. The SMILES string of the molecule is O=C=NCc1cccc(OC2CS(=O)(=O)C2)c1. The van der Waals surface area contributed by atoms with Gasteiger partial charge < -0.3 is 4.74 Å². The fraction of sp³-hybridized carbons (Fsp3) is 0.364. The van der Waals surface area contributed by atoms with E-state index in [9.17, 15) is 13.2 Å². The first kappa shape index (κ1) is 11.8. The van der Waals surface area contributed by atoms with E-state index in [4.69, 9.17) is 4.74 Å². The molecule has 0 atom stereocenters. The molecule has 0 spiro atoms. The smallest absolute Gasteiger partial charge is 0.235 e. The van der Waals surface area contributed by atoms with Crippen molar-refractivity contribution in [2.75, 3.05) is 11.5 Å². The van der Waals surface area contributed by atoms with Gasteiger partial charge in [0.1, 0.15) is 11.9 Å². The zero-order chi connectivity index (χ0) is 12.3. The van der Waals surface area contributed by atoms with E-state index in [1.54, 1.807) is 18.2 Å². The first-order valence-corrected chi connectivity index (χ1v) is 6.91. The Morgan fingerprint density at radius 1 is 1.41 bits per heavy atom. The van der Waals surface area contributed by atoms with E-state index < -0.39 is 9.84 Å². The van der Waals surface area contributed by atoms with Gasteiger partial charge in [0.05, 0.1) is 18.1 Å². The summed E-state index contributed by atoms with van der Waals surface area (Å²) in [6.07, 6.45) is 1.20. The molecule has 1 heterocycles. The van der Waals surface area contributed by atoms with Gasteiger partial charge in [0.15, 0.2) is 9.84 Å². The maximum atomic E-state index is 11.0. The number of hydrogen-bond acceptors (Lipinski definition) is 5. The van der Waals surface area contributed by atoms with Crippen molar-refractivity contribution in [1.29, 1.82) is 0 Å². The minimum absolute atomic E-state index is 0.0731. The van der Waals surface area contributed by atoms with Gasteiger partial charge in [0.2, 0.25) is 6.08 Å². The molecule has 1 fully saturated rings. The number of aliphatic imine (C=N–C) groups is 1. The van der Waals surface area contributed by atoms with Crippen LogP contribution in [-0.4, -0.2) is 32.1 Å². The van der Waals surface area contributed by atoms with E-state index >= 15 is 0 Å². The number of isocyanates is 1. The first-order chi connectivity index (χ1) is 8.09. The lowest BCUT2D eigenvalue weighted by molar-refractivity contribution is 0.230. The van der Waals surface area contributed by atoms with Crippen molar-refractivity contribution in [2.24, 2.45) is 4.99 Å². The lowest BCUT2D eigenvalue weighted by Gasteiger charge is -2.26. The van der Waals surface area contributed by atoms with Crippen molar-refractivity contribution in [2.45, 2.75) is 12.6 Å². The van der Waals surface area contributed by atoms with Gasteiger partial charge in [-0.15, -0.1) is 0 Å². The zero-order valence-corrected chi connectivity index (χ0v) is 9.81. The van der Waals surface area contributed by atoms with Gasteiger partial charge in [-0.25, -0.2) is 18.2 Å². The van der Waals surface area contributed by atoms with Gasteiger partial charge in [-0.05, 0) is 17.7 Å². The molecule has 0 unspecified atom stereocenters. The van der Waals surface area contributed by atoms with E-state index in [0.29, 0.717) is 5.75 Å². The molecule has 0 N–H and O–H groups in total. The highest BCUT2D eigenvalue weighted by atomic mass is 32.2. The number of nitrogens with zero attached hydrogens (tertiary/aromatic N) is 1. The topological polar surface area (TPSA) is 72.8 Å². The normalized spacial score (nSPS) is 17.9. The molecule has 0 amide bonds. The summed E-state index contributed by atoms with van der Waals surface area (Å²) in [5.74, 6) is 0.747. The fourth-order valence-corrected chi connectivity index (χ4v) is 2.79. The number of sulfone groups is 1. The van der Waals surface area contributed by atoms with Crippen molar-refractivity contribution in [3.05, 3.63) is 29.8 Å². The maximum Gasteiger partial charge on any atom is 0.235 e. The Hall–Kier alpha value is -1.65. The average Bonchev–Trinajstić information content (AvgIpc) is 2.24. The van der Waals surface area contributed by atoms with E-state index in [1.807, 2.05) is 6.07 Å². The molecule has 6 heteroatoms. The van der Waals surface area contributed by atoms with Crippen molar-refractivity contribution in [1.82, 2.24) is 0 Å². The Morgan fingerprint density at radius 3 is 2.82 bits per heavy atom. The summed E-state index contributed by atoms with van der Waals surface area (Å²) in [7, 11) is -2.87. The van der Waals surface area contributed by atoms with Crippen LogP contribution in [-0.2, 0) is 21.2 Å². The third kappa shape index (κ3) is 3.15. The van der Waals surface area contributed by atoms with Crippen LogP contribution in [0.15, 0.2) is 29.3 Å². The monoisotopic (exact) mass is 253 g/mol. The van der Waals surface area contributed by atoms with Crippen LogP contribution in [0.5, 0.6) is 5.75 Å². The lowest BCUT2D eigenvalue weighted by atomic mass is 10.2. The Labute approximate surface area is 99.0 Å². The van der Waals surface area contributed by atoms with E-state index in [1.165, 1.54) is 6.08 Å². The van der Waals surface area contributed by atoms with Crippen molar-refractivity contribution in [3.63, 3.8) is 0 Å². The van der Waals surface area contributed by atoms with Crippen LogP contribution in [0.4, 0.5) is 0 Å². The van der Waals surface area contributed by atoms with Crippen LogP contribution in [0.1, 0.15) is 5.56 Å². The van der Waals surface area contributed by atoms with E-state index in [-0.39, 0.29) is 24.2 Å². The van der Waals surface area contributed by atoms with Gasteiger partial charge in [-0.3, -0.25) is 0 Å². The zero-order valence-electron chi connectivity index (χ0n) is 9.00. The standard InChI is InChI=1S/C11H11NO4S/c13-8-12-5-9-2-1-3-10(4-9)16-11-6-17(14,15)7-11/h1-4,11H,5-7H2. The molecule has 5 nitrogen and oxygen atoms in total. The Kier molecular flexibility index (Phi) is 3.26. The number of benzene rings is 1. The average molecular weight is 253 g/mol. The van der Waals surface area contributed by atoms with Crippen LogP contribution in [0.25, 0.3) is 0 Å².